The Bertz CT molecular complexity index is 1230. The Morgan fingerprint density at radius 1 is 1.05 bits per heavy atom. The number of ether oxygens (including phenoxy) is 3. The summed E-state index contributed by atoms with van der Waals surface area (Å²) in [7, 11) is 1.61. The number of thiazole rings is 1. The highest BCUT2D eigenvalue weighted by Gasteiger charge is 2.18. The molecule has 0 aliphatic rings. The molecule has 2 N–H and O–H groups in total. The average Bonchev–Trinajstić information content (AvgIpc) is 3.50. The highest BCUT2D eigenvalue weighted by molar-refractivity contribution is 7.17. The minimum atomic E-state index is -0.480. The molecule has 0 bridgehead atoms. The summed E-state index contributed by atoms with van der Waals surface area (Å²) >= 11 is 1.05. The third-order valence-electron chi connectivity index (χ3n) is 5.12. The van der Waals surface area contributed by atoms with Gasteiger partial charge in [0, 0.05) is 44.7 Å². The maximum atomic E-state index is 12.5. The molecular weight excluding hydrogens is 514 g/mol. The van der Waals surface area contributed by atoms with Gasteiger partial charge in [0.25, 0.3) is 5.91 Å². The molecule has 3 rings (SSSR count). The highest BCUT2D eigenvalue weighted by atomic mass is 32.1. The van der Waals surface area contributed by atoms with Crippen LogP contribution in [0.1, 0.15) is 50.9 Å². The molecule has 2 heterocycles. The zero-order valence-corrected chi connectivity index (χ0v) is 22.4. The van der Waals surface area contributed by atoms with Gasteiger partial charge in [-0.15, -0.1) is 0 Å². The minimum absolute atomic E-state index is 0.0281. The van der Waals surface area contributed by atoms with Crippen LogP contribution in [0.3, 0.4) is 0 Å². The van der Waals surface area contributed by atoms with Gasteiger partial charge in [0.1, 0.15) is 4.88 Å². The van der Waals surface area contributed by atoms with Gasteiger partial charge in [-0.2, -0.15) is 4.98 Å². The van der Waals surface area contributed by atoms with Gasteiger partial charge in [0.15, 0.2) is 5.13 Å². The molecule has 38 heavy (non-hydrogen) atoms. The van der Waals surface area contributed by atoms with Crippen molar-refractivity contribution in [1.82, 2.24) is 20.4 Å². The molecule has 0 spiro atoms. The quantitative estimate of drug-likeness (QED) is 0.215. The lowest BCUT2D eigenvalue weighted by Crippen LogP contribution is -2.27. The number of benzene rings is 1. The first-order valence-corrected chi connectivity index (χ1v) is 12.9. The molecule has 1 aromatic carbocycles. The fourth-order valence-corrected chi connectivity index (χ4v) is 4.09. The number of hydrogen-bond donors (Lipinski definition) is 2. The zero-order chi connectivity index (χ0) is 27.3. The lowest BCUT2D eigenvalue weighted by Gasteiger charge is -2.06. The van der Waals surface area contributed by atoms with E-state index in [9.17, 15) is 14.4 Å². The van der Waals surface area contributed by atoms with Crippen LogP contribution < -0.4 is 10.6 Å². The first kappa shape index (κ1) is 28.9. The molecule has 0 atom stereocenters. The second-order valence-electron chi connectivity index (χ2n) is 8.15. The standard InChI is InChI=1S/C25H31N5O7S/c1-16-21(24(33)36-12-5-4-11-35-14-13-34-3)38-25(27-16)29-20(31)9-10-26-23(32)19-8-6-7-18(15-19)22-28-17(2)37-30-22/h6-8,15H,4-5,9-14H2,1-3H3,(H,26,32)(H,27,29,31). The summed E-state index contributed by atoms with van der Waals surface area (Å²) in [5.41, 5.74) is 1.53. The van der Waals surface area contributed by atoms with Gasteiger partial charge in [-0.25, -0.2) is 9.78 Å². The van der Waals surface area contributed by atoms with Crippen molar-refractivity contribution in [2.75, 3.05) is 45.4 Å². The molecule has 13 heteroatoms. The number of hydrogen-bond acceptors (Lipinski definition) is 11. The molecule has 12 nitrogen and oxygen atoms in total. The number of carbonyl (C=O) groups excluding carboxylic acids is 3. The number of esters is 1. The van der Waals surface area contributed by atoms with Crippen LogP contribution in [0.15, 0.2) is 28.8 Å². The van der Waals surface area contributed by atoms with E-state index >= 15 is 0 Å². The molecule has 2 aromatic heterocycles. The summed E-state index contributed by atoms with van der Waals surface area (Å²) in [6.45, 7) is 5.40. The third-order valence-corrected chi connectivity index (χ3v) is 6.18. The van der Waals surface area contributed by atoms with Crippen molar-refractivity contribution in [2.24, 2.45) is 0 Å². The normalized spacial score (nSPS) is 10.8. The molecule has 0 unspecified atom stereocenters. The fraction of sp³-hybridized carbons (Fsp3) is 0.440. The van der Waals surface area contributed by atoms with Gasteiger partial charge in [0.05, 0.1) is 25.5 Å². The van der Waals surface area contributed by atoms with Gasteiger partial charge in [-0.3, -0.25) is 9.59 Å². The summed E-state index contributed by atoms with van der Waals surface area (Å²) in [6, 6.07) is 6.79. The molecule has 0 saturated carbocycles. The average molecular weight is 546 g/mol. The monoisotopic (exact) mass is 545 g/mol. The number of rotatable bonds is 15. The van der Waals surface area contributed by atoms with E-state index in [-0.39, 0.29) is 31.4 Å². The van der Waals surface area contributed by atoms with Crippen molar-refractivity contribution >= 4 is 34.3 Å². The summed E-state index contributed by atoms with van der Waals surface area (Å²) in [6.07, 6.45) is 1.47. The second kappa shape index (κ2) is 14.9. The molecular formula is C25H31N5O7S. The van der Waals surface area contributed by atoms with Crippen molar-refractivity contribution in [1.29, 1.82) is 0 Å². The number of anilines is 1. The number of nitrogens with zero attached hydrogens (tertiary/aromatic N) is 3. The second-order valence-corrected chi connectivity index (χ2v) is 9.15. The molecule has 2 amide bonds. The molecule has 0 fully saturated rings. The highest BCUT2D eigenvalue weighted by Crippen LogP contribution is 2.23. The smallest absolute Gasteiger partial charge is 0.350 e. The fourth-order valence-electron chi connectivity index (χ4n) is 3.21. The number of amides is 2. The van der Waals surface area contributed by atoms with E-state index in [1.165, 1.54) is 0 Å². The maximum Gasteiger partial charge on any atom is 0.350 e. The Labute approximate surface area is 224 Å². The van der Waals surface area contributed by atoms with Gasteiger partial charge < -0.3 is 29.4 Å². The van der Waals surface area contributed by atoms with Crippen molar-refractivity contribution < 1.29 is 33.1 Å². The maximum absolute atomic E-state index is 12.5. The first-order chi connectivity index (χ1) is 18.4. The predicted octanol–water partition coefficient (Wildman–Crippen LogP) is 3.17. The van der Waals surface area contributed by atoms with Gasteiger partial charge >= 0.3 is 5.97 Å². The molecule has 3 aromatic rings. The number of nitrogens with one attached hydrogen (secondary N) is 2. The van der Waals surface area contributed by atoms with E-state index in [0.717, 1.165) is 17.8 Å². The molecule has 0 saturated heterocycles. The molecule has 0 aliphatic heterocycles. The summed E-state index contributed by atoms with van der Waals surface area (Å²) < 4.78 is 20.5. The Kier molecular flexibility index (Phi) is 11.3. The first-order valence-electron chi connectivity index (χ1n) is 12.1. The lowest BCUT2D eigenvalue weighted by molar-refractivity contribution is -0.116. The van der Waals surface area contributed by atoms with Crippen LogP contribution in [0.5, 0.6) is 0 Å². The van der Waals surface area contributed by atoms with Gasteiger partial charge in [-0.05, 0) is 31.9 Å². The Balaban J connectivity index is 1.39. The zero-order valence-electron chi connectivity index (χ0n) is 21.6. The van der Waals surface area contributed by atoms with E-state index < -0.39 is 5.97 Å². The van der Waals surface area contributed by atoms with Gasteiger partial charge in [-0.1, -0.05) is 28.6 Å². The van der Waals surface area contributed by atoms with Crippen LogP contribution in [-0.4, -0.2) is 73.0 Å². The third kappa shape index (κ3) is 9.01. The van der Waals surface area contributed by atoms with E-state index in [0.29, 0.717) is 64.8 Å². The number of methoxy groups -OCH3 is 1. The van der Waals surface area contributed by atoms with E-state index in [1.54, 1.807) is 45.2 Å². The predicted molar refractivity (Wildman–Crippen MR) is 139 cm³/mol. The van der Waals surface area contributed by atoms with Crippen LogP contribution in [0.25, 0.3) is 11.4 Å². The van der Waals surface area contributed by atoms with Crippen LogP contribution >= 0.6 is 11.3 Å². The number of aromatic nitrogens is 3. The van der Waals surface area contributed by atoms with E-state index in [2.05, 4.69) is 25.8 Å². The molecule has 204 valence electrons. The summed E-state index contributed by atoms with van der Waals surface area (Å²) in [5, 5.41) is 9.52. The van der Waals surface area contributed by atoms with Crippen LogP contribution in [-0.2, 0) is 19.0 Å². The summed E-state index contributed by atoms with van der Waals surface area (Å²) in [4.78, 5) is 45.9. The Hall–Kier alpha value is -3.68. The van der Waals surface area contributed by atoms with Gasteiger partial charge in [0.2, 0.25) is 17.6 Å². The minimum Gasteiger partial charge on any atom is -0.461 e. The lowest BCUT2D eigenvalue weighted by atomic mass is 10.1. The topological polar surface area (TPSA) is 155 Å². The molecule has 0 radical (unpaired) electrons. The van der Waals surface area contributed by atoms with E-state index in [1.807, 2.05) is 0 Å². The van der Waals surface area contributed by atoms with Crippen LogP contribution in [0.4, 0.5) is 5.13 Å². The Morgan fingerprint density at radius 2 is 1.87 bits per heavy atom. The van der Waals surface area contributed by atoms with E-state index in [4.69, 9.17) is 18.7 Å². The SMILES string of the molecule is COCCOCCCCOC(=O)c1sc(NC(=O)CCNC(=O)c2cccc(-c3noc(C)n3)c2)nc1C. The van der Waals surface area contributed by atoms with Crippen molar-refractivity contribution in [3.05, 3.63) is 46.3 Å². The number of aryl methyl sites for hydroxylation is 2. The Morgan fingerprint density at radius 3 is 2.63 bits per heavy atom. The summed E-state index contributed by atoms with van der Waals surface area (Å²) in [5.74, 6) is -0.344. The largest absolute Gasteiger partial charge is 0.461 e. The van der Waals surface area contributed by atoms with Crippen molar-refractivity contribution in [2.45, 2.75) is 33.1 Å². The number of unbranched alkanes of at least 4 members (excludes halogenated alkanes) is 1. The van der Waals surface area contributed by atoms with Crippen LogP contribution in [0, 0.1) is 13.8 Å². The molecule has 0 aliphatic carbocycles. The number of carbonyl (C=O) groups is 3. The van der Waals surface area contributed by atoms with Crippen molar-refractivity contribution in [3.8, 4) is 11.4 Å². The van der Waals surface area contributed by atoms with Crippen LogP contribution in [0.2, 0.25) is 0 Å². The van der Waals surface area contributed by atoms with Crippen molar-refractivity contribution in [3.63, 3.8) is 0 Å².